The Balaban J connectivity index is 2.27. The minimum Gasteiger partial charge on any atom is -0.452 e. The average molecular weight is 468 g/mol. The fourth-order valence-corrected chi connectivity index (χ4v) is 4.67. The summed E-state index contributed by atoms with van der Waals surface area (Å²) in [5, 5.41) is 0. The Hall–Kier alpha value is -2.13. The van der Waals surface area contributed by atoms with Gasteiger partial charge in [-0.3, -0.25) is 4.79 Å². The molecular weight excluding hydrogens is 430 g/mol. The molecular formula is C23H37N3O5S. The topological polar surface area (TPSA) is 87.2 Å². The molecule has 1 heterocycles. The van der Waals surface area contributed by atoms with E-state index in [0.29, 0.717) is 30.6 Å². The Labute approximate surface area is 192 Å². The zero-order valence-corrected chi connectivity index (χ0v) is 20.9. The van der Waals surface area contributed by atoms with Crippen molar-refractivity contribution in [2.24, 2.45) is 11.8 Å². The number of amides is 1. The maximum atomic E-state index is 13.0. The predicted octanol–water partition coefficient (Wildman–Crippen LogP) is 2.83. The van der Waals surface area contributed by atoms with Crippen LogP contribution in [0.2, 0.25) is 0 Å². The monoisotopic (exact) mass is 467 g/mol. The van der Waals surface area contributed by atoms with Gasteiger partial charge in [0.2, 0.25) is 10.0 Å². The van der Waals surface area contributed by atoms with Gasteiger partial charge in [0.1, 0.15) is 0 Å². The number of sulfonamides is 1. The number of nitrogens with zero attached hydrogens (tertiary/aromatic N) is 3. The molecule has 180 valence electrons. The van der Waals surface area contributed by atoms with Crippen LogP contribution in [0.25, 0.3) is 0 Å². The number of benzene rings is 1. The number of hydrogen-bond acceptors (Lipinski definition) is 6. The maximum Gasteiger partial charge on any atom is 0.340 e. The lowest BCUT2D eigenvalue weighted by molar-refractivity contribution is -0.135. The lowest BCUT2D eigenvalue weighted by atomic mass is 10.1. The molecule has 0 saturated carbocycles. The summed E-state index contributed by atoms with van der Waals surface area (Å²) in [6.07, 6.45) is 2.01. The standard InChI is InChI=1S/C23H37N3O5S/c1-17(2)14-26(15-18(3)4)22(27)16-31-23(28)20-13-19(32(29,30)24(5)6)9-10-21(20)25-11-7-8-12-25/h9-10,13,17-18H,7-8,11-12,14-16H2,1-6H3. The minimum absolute atomic E-state index is 0.0185. The number of hydrogen-bond donors (Lipinski definition) is 0. The van der Waals surface area contributed by atoms with E-state index in [1.54, 1.807) is 11.0 Å². The van der Waals surface area contributed by atoms with Crippen molar-refractivity contribution < 1.29 is 22.7 Å². The molecule has 9 heteroatoms. The van der Waals surface area contributed by atoms with Crippen molar-refractivity contribution >= 4 is 27.6 Å². The molecule has 1 aromatic carbocycles. The van der Waals surface area contributed by atoms with Gasteiger partial charge >= 0.3 is 5.97 Å². The molecule has 0 spiro atoms. The van der Waals surface area contributed by atoms with Gasteiger partial charge in [0.25, 0.3) is 5.91 Å². The van der Waals surface area contributed by atoms with Gasteiger partial charge in [-0.05, 0) is 42.9 Å². The number of carbonyl (C=O) groups is 2. The fraction of sp³-hybridized carbons (Fsp3) is 0.652. The highest BCUT2D eigenvalue weighted by Gasteiger charge is 2.26. The number of anilines is 1. The molecule has 1 saturated heterocycles. The molecule has 1 amide bonds. The van der Waals surface area contributed by atoms with E-state index >= 15 is 0 Å². The summed E-state index contributed by atoms with van der Waals surface area (Å²) in [4.78, 5) is 29.5. The molecule has 1 aliphatic rings. The zero-order valence-electron chi connectivity index (χ0n) is 20.1. The molecule has 0 aromatic heterocycles. The second-order valence-corrected chi connectivity index (χ2v) is 11.5. The van der Waals surface area contributed by atoms with Crippen molar-refractivity contribution in [3.05, 3.63) is 23.8 Å². The minimum atomic E-state index is -3.71. The molecule has 0 N–H and O–H groups in total. The first-order chi connectivity index (χ1) is 14.9. The summed E-state index contributed by atoms with van der Waals surface area (Å²) in [6.45, 7) is 10.5. The molecule has 0 unspecified atom stereocenters. The largest absolute Gasteiger partial charge is 0.452 e. The second kappa shape index (κ2) is 11.1. The first-order valence-corrected chi connectivity index (χ1v) is 12.6. The molecule has 1 aromatic rings. The quantitative estimate of drug-likeness (QED) is 0.492. The molecule has 0 aliphatic carbocycles. The van der Waals surface area contributed by atoms with Crippen LogP contribution in [0.4, 0.5) is 5.69 Å². The molecule has 1 aliphatic heterocycles. The number of rotatable bonds is 10. The van der Waals surface area contributed by atoms with Gasteiger partial charge in [0.05, 0.1) is 16.1 Å². The van der Waals surface area contributed by atoms with E-state index in [1.165, 1.54) is 26.2 Å². The Bertz CT molecular complexity index is 896. The van der Waals surface area contributed by atoms with Crippen molar-refractivity contribution in [3.63, 3.8) is 0 Å². The highest BCUT2D eigenvalue weighted by Crippen LogP contribution is 2.28. The van der Waals surface area contributed by atoms with E-state index in [0.717, 1.165) is 30.2 Å². The van der Waals surface area contributed by atoms with Crippen LogP contribution in [0.15, 0.2) is 23.1 Å². The van der Waals surface area contributed by atoms with E-state index in [9.17, 15) is 18.0 Å². The molecule has 8 nitrogen and oxygen atoms in total. The van der Waals surface area contributed by atoms with Gasteiger partial charge in [0, 0.05) is 40.3 Å². The molecule has 1 fully saturated rings. The molecule has 0 bridgehead atoms. The third-order valence-corrected chi connectivity index (χ3v) is 7.07. The van der Waals surface area contributed by atoms with Gasteiger partial charge in [-0.25, -0.2) is 17.5 Å². The first-order valence-electron chi connectivity index (χ1n) is 11.2. The highest BCUT2D eigenvalue weighted by molar-refractivity contribution is 7.89. The Morgan fingerprint density at radius 2 is 1.59 bits per heavy atom. The lowest BCUT2D eigenvalue weighted by Crippen LogP contribution is -2.39. The van der Waals surface area contributed by atoms with Crippen molar-refractivity contribution in [2.45, 2.75) is 45.4 Å². The first kappa shape index (κ1) is 26.1. The van der Waals surface area contributed by atoms with E-state index in [2.05, 4.69) is 0 Å². The molecule has 0 radical (unpaired) electrons. The third-order valence-electron chi connectivity index (χ3n) is 5.26. The second-order valence-electron chi connectivity index (χ2n) is 9.32. The summed E-state index contributed by atoms with van der Waals surface area (Å²) < 4.78 is 31.7. The number of esters is 1. The van der Waals surface area contributed by atoms with Crippen LogP contribution < -0.4 is 4.90 Å². The van der Waals surface area contributed by atoms with E-state index in [-0.39, 0.29) is 23.0 Å². The van der Waals surface area contributed by atoms with Gasteiger partial charge < -0.3 is 14.5 Å². The summed E-state index contributed by atoms with van der Waals surface area (Å²) in [5.74, 6) is -0.350. The summed E-state index contributed by atoms with van der Waals surface area (Å²) in [6, 6.07) is 4.53. The predicted molar refractivity (Wildman–Crippen MR) is 125 cm³/mol. The summed E-state index contributed by atoms with van der Waals surface area (Å²) in [7, 11) is -0.827. The summed E-state index contributed by atoms with van der Waals surface area (Å²) in [5.41, 5.74) is 0.806. The van der Waals surface area contributed by atoms with Gasteiger partial charge in [-0.15, -0.1) is 0 Å². The van der Waals surface area contributed by atoms with Crippen molar-refractivity contribution in [2.75, 3.05) is 51.8 Å². The smallest absolute Gasteiger partial charge is 0.340 e. The maximum absolute atomic E-state index is 13.0. The van der Waals surface area contributed by atoms with Crippen LogP contribution in [0.5, 0.6) is 0 Å². The van der Waals surface area contributed by atoms with Crippen LogP contribution in [-0.2, 0) is 19.6 Å². The third kappa shape index (κ3) is 6.68. The molecule has 2 rings (SSSR count). The van der Waals surface area contributed by atoms with Crippen molar-refractivity contribution in [1.29, 1.82) is 0 Å². The van der Waals surface area contributed by atoms with Crippen LogP contribution in [0.1, 0.15) is 50.9 Å². The van der Waals surface area contributed by atoms with Gasteiger partial charge in [-0.1, -0.05) is 27.7 Å². The Morgan fingerprint density at radius 3 is 2.09 bits per heavy atom. The van der Waals surface area contributed by atoms with Gasteiger partial charge in [-0.2, -0.15) is 0 Å². The van der Waals surface area contributed by atoms with Crippen LogP contribution in [-0.4, -0.2) is 76.4 Å². The number of carbonyl (C=O) groups excluding carboxylic acids is 2. The van der Waals surface area contributed by atoms with Crippen molar-refractivity contribution in [3.8, 4) is 0 Å². The summed E-state index contributed by atoms with van der Waals surface area (Å²) >= 11 is 0. The normalized spacial score (nSPS) is 14.5. The molecule has 32 heavy (non-hydrogen) atoms. The highest BCUT2D eigenvalue weighted by atomic mass is 32.2. The van der Waals surface area contributed by atoms with Crippen LogP contribution in [0, 0.1) is 11.8 Å². The fourth-order valence-electron chi connectivity index (χ4n) is 3.74. The lowest BCUT2D eigenvalue weighted by Gasteiger charge is -2.26. The van der Waals surface area contributed by atoms with E-state index in [1.807, 2.05) is 32.6 Å². The van der Waals surface area contributed by atoms with Crippen LogP contribution >= 0.6 is 0 Å². The van der Waals surface area contributed by atoms with E-state index < -0.39 is 16.0 Å². The SMILES string of the molecule is CC(C)CN(CC(C)C)C(=O)COC(=O)c1cc(S(=O)(=O)N(C)C)ccc1N1CCCC1. The Morgan fingerprint density at radius 1 is 1.03 bits per heavy atom. The molecule has 0 atom stereocenters. The van der Waals surface area contributed by atoms with Crippen LogP contribution in [0.3, 0.4) is 0 Å². The number of ether oxygens (including phenoxy) is 1. The van der Waals surface area contributed by atoms with Crippen molar-refractivity contribution in [1.82, 2.24) is 9.21 Å². The van der Waals surface area contributed by atoms with E-state index in [4.69, 9.17) is 4.74 Å². The van der Waals surface area contributed by atoms with Gasteiger partial charge in [0.15, 0.2) is 6.61 Å². The Kier molecular flexibility index (Phi) is 9.09. The zero-order chi connectivity index (χ0) is 24.1. The average Bonchev–Trinajstić information content (AvgIpc) is 3.24.